The first-order valence-corrected chi connectivity index (χ1v) is 18.3. The van der Waals surface area contributed by atoms with Gasteiger partial charge in [-0.25, -0.2) is 13.4 Å². The van der Waals surface area contributed by atoms with E-state index >= 15 is 0 Å². The number of benzene rings is 2. The molecule has 3 N–H and O–H groups in total. The summed E-state index contributed by atoms with van der Waals surface area (Å²) in [6.45, 7) is 9.53. The summed E-state index contributed by atoms with van der Waals surface area (Å²) in [5, 5.41) is 9.65. The molecule has 1 aliphatic rings. The number of aromatic nitrogens is 2. The maximum Gasteiger partial charge on any atom is 0.229 e. The molecule has 8 nitrogen and oxygen atoms in total. The summed E-state index contributed by atoms with van der Waals surface area (Å²) in [7, 11) is 17.1. The fourth-order valence-corrected chi connectivity index (χ4v) is 8.21. The van der Waals surface area contributed by atoms with Crippen molar-refractivity contribution in [1.29, 1.82) is 0 Å². The molecule has 2 heterocycles. The zero-order chi connectivity index (χ0) is 35.5. The Morgan fingerprint density at radius 3 is 2.09 bits per heavy atom. The summed E-state index contributed by atoms with van der Waals surface area (Å²) in [6, 6.07) is 11.1. The third-order valence-corrected chi connectivity index (χ3v) is 12.9. The number of aryl methyl sites for hydroxylation is 1. The van der Waals surface area contributed by atoms with Crippen molar-refractivity contribution in [3.63, 3.8) is 0 Å². The van der Waals surface area contributed by atoms with Gasteiger partial charge >= 0.3 is 0 Å². The van der Waals surface area contributed by atoms with Crippen LogP contribution < -0.4 is 20.7 Å². The molecular weight excluding hydrogens is 619 g/mol. The van der Waals surface area contributed by atoms with Crippen LogP contribution in [0.1, 0.15) is 44.7 Å². The molecule has 0 aliphatic carbocycles. The number of halogens is 1. The molecule has 0 amide bonds. The maximum absolute atomic E-state index is 13.1. The van der Waals surface area contributed by atoms with E-state index in [9.17, 15) is 8.42 Å². The normalized spacial score (nSPS) is 18.8. The van der Waals surface area contributed by atoms with Gasteiger partial charge in [0.05, 0.1) is 33.2 Å². The lowest BCUT2D eigenvalue weighted by molar-refractivity contribution is 0.198. The molecule has 47 heavy (non-hydrogen) atoms. The topological polar surface area (TPSA) is 105 Å². The van der Waals surface area contributed by atoms with E-state index in [0.29, 0.717) is 11.4 Å². The molecule has 3 aromatic rings. The minimum Gasteiger partial charge on any atom is -0.495 e. The summed E-state index contributed by atoms with van der Waals surface area (Å²) in [5.41, 5.74) is 3.02. The minimum absolute atomic E-state index is 0.107. The molecule has 1 aliphatic heterocycles. The molecule has 1 saturated heterocycles. The SMILES string of the molecule is BC(C)(C)Oc1cc(C2C(B)(B)C(B)(B)NC(B)(B)C2(B)B)c(C)cc1Nc1ncc(Cl)c(Nc2ccccc2S(=O)(=O)C(C)C)n1. The Morgan fingerprint density at radius 2 is 1.53 bits per heavy atom. The van der Waals surface area contributed by atoms with Crippen LogP contribution in [0.5, 0.6) is 5.75 Å². The number of hydrogen-bond donors (Lipinski definition) is 3. The van der Waals surface area contributed by atoms with Crippen molar-refractivity contribution in [1.82, 2.24) is 15.3 Å². The highest BCUT2D eigenvalue weighted by Gasteiger charge is 2.59. The molecule has 0 atom stereocenters. The summed E-state index contributed by atoms with van der Waals surface area (Å²) >= 11 is 6.53. The smallest absolute Gasteiger partial charge is 0.229 e. The molecule has 0 saturated carbocycles. The first-order chi connectivity index (χ1) is 21.3. The van der Waals surface area contributed by atoms with E-state index in [2.05, 4.69) is 108 Å². The van der Waals surface area contributed by atoms with Gasteiger partial charge in [0.2, 0.25) is 5.95 Å². The lowest BCUT2D eigenvalue weighted by Gasteiger charge is -2.68. The predicted molar refractivity (Wildman–Crippen MR) is 222 cm³/mol. The van der Waals surface area contributed by atoms with Gasteiger partial charge in [0.25, 0.3) is 0 Å². The van der Waals surface area contributed by atoms with Crippen molar-refractivity contribution in [2.45, 2.75) is 77.3 Å². The Bertz CT molecular complexity index is 1760. The number of hydrogen-bond acceptors (Lipinski definition) is 8. The van der Waals surface area contributed by atoms with E-state index in [1.54, 1.807) is 38.1 Å². The van der Waals surface area contributed by atoms with Crippen LogP contribution >= 0.6 is 11.6 Å². The predicted octanol–water partition coefficient (Wildman–Crippen LogP) is -2.85. The van der Waals surface area contributed by atoms with Gasteiger partial charge in [0, 0.05) is 0 Å². The molecular formula is C28H45B9ClN5O3S. The third-order valence-electron chi connectivity index (χ3n) is 10.4. The van der Waals surface area contributed by atoms with Crippen LogP contribution in [0.4, 0.5) is 23.1 Å². The van der Waals surface area contributed by atoms with Gasteiger partial charge in [-0.3, -0.25) is 0 Å². The number of anilines is 4. The Balaban J connectivity index is 1.81. The highest BCUT2D eigenvalue weighted by atomic mass is 35.5. The molecule has 2 aromatic carbocycles. The summed E-state index contributed by atoms with van der Waals surface area (Å²) < 4.78 is 32.8. The van der Waals surface area contributed by atoms with Crippen LogP contribution in [-0.2, 0) is 9.84 Å². The van der Waals surface area contributed by atoms with Gasteiger partial charge in [-0.1, -0.05) is 34.2 Å². The van der Waals surface area contributed by atoms with E-state index in [1.807, 2.05) is 21.7 Å². The van der Waals surface area contributed by atoms with Crippen LogP contribution in [0.15, 0.2) is 47.5 Å². The molecule has 0 bridgehead atoms. The number of sulfone groups is 1. The monoisotopic (exact) mass is 665 g/mol. The standard InChI is InChI=1S/C28H45B9ClN5O3S/c1-13(2)47(44,45)20-9-7-6-8-17(20)40-22-16(38)12-39-23(42-22)41-18-10-14(3)15(11-19(18)46-24(4,5)29)21-25(30,31)27(34,35)43-28(36,37)26(21,32)33/h6-13,21,43H,29-37H2,1-5H3,(H2,39,40,41,42). The van der Waals surface area contributed by atoms with Crippen molar-refractivity contribution in [3.05, 3.63) is 58.7 Å². The van der Waals surface area contributed by atoms with Gasteiger partial charge in [0.15, 0.2) is 23.5 Å². The average molecular weight is 665 g/mol. The number of ether oxygens (including phenoxy) is 1. The van der Waals surface area contributed by atoms with Crippen molar-refractivity contribution < 1.29 is 13.2 Å². The molecule has 0 unspecified atom stereocenters. The van der Waals surface area contributed by atoms with Crippen LogP contribution in [0, 0.1) is 6.92 Å². The van der Waals surface area contributed by atoms with Crippen molar-refractivity contribution in [2.24, 2.45) is 0 Å². The fraction of sp³-hybridized carbons (Fsp3) is 0.429. The summed E-state index contributed by atoms with van der Waals surface area (Å²) in [4.78, 5) is 9.32. The van der Waals surface area contributed by atoms with Crippen LogP contribution in [0.2, 0.25) is 15.5 Å². The number of rotatable bonds is 9. The van der Waals surface area contributed by atoms with E-state index in [-0.39, 0.29) is 48.7 Å². The van der Waals surface area contributed by atoms with Gasteiger partial charge in [-0.05, 0) is 86.6 Å². The van der Waals surface area contributed by atoms with E-state index in [1.165, 1.54) is 11.8 Å². The number of nitrogens with zero attached hydrogens (tertiary/aromatic N) is 2. The first kappa shape index (κ1) is 37.5. The average Bonchev–Trinajstić information content (AvgIpc) is 2.90. The maximum atomic E-state index is 13.1. The molecule has 0 radical (unpaired) electrons. The number of piperidine rings is 1. The van der Waals surface area contributed by atoms with Crippen molar-refractivity contribution in [2.75, 3.05) is 10.6 Å². The Kier molecular flexibility index (Phi) is 10.0. The van der Waals surface area contributed by atoms with Gasteiger partial charge in [0.1, 0.15) is 73.5 Å². The molecule has 4 rings (SSSR count). The molecule has 19 heteroatoms. The lowest BCUT2D eigenvalue weighted by Crippen LogP contribution is -2.77. The number of para-hydroxylation sites is 1. The molecule has 1 aromatic heterocycles. The molecule has 1 fully saturated rings. The van der Waals surface area contributed by atoms with Gasteiger partial charge in [-0.15, -0.1) is 0 Å². The number of nitrogens with one attached hydrogen (secondary N) is 3. The second kappa shape index (κ2) is 12.5. The largest absolute Gasteiger partial charge is 0.495 e. The summed E-state index contributed by atoms with van der Waals surface area (Å²) in [5.74, 6) is 1.46. The van der Waals surface area contributed by atoms with Crippen LogP contribution in [-0.4, -0.2) is 110 Å². The highest BCUT2D eigenvalue weighted by molar-refractivity contribution is 7.92. The van der Waals surface area contributed by atoms with Gasteiger partial charge in [-0.2, -0.15) is 4.98 Å². The quantitative estimate of drug-likeness (QED) is 0.210. The fourth-order valence-electron chi connectivity index (χ4n) is 6.87. The zero-order valence-electron chi connectivity index (χ0n) is 30.6. The van der Waals surface area contributed by atoms with E-state index in [4.69, 9.17) is 16.3 Å². The second-order valence-electron chi connectivity index (χ2n) is 16.4. The van der Waals surface area contributed by atoms with Gasteiger partial charge < -0.3 is 20.7 Å². The van der Waals surface area contributed by atoms with Crippen LogP contribution in [0.3, 0.4) is 0 Å². The zero-order valence-corrected chi connectivity index (χ0v) is 32.2. The highest BCUT2D eigenvalue weighted by Crippen LogP contribution is 2.61. The van der Waals surface area contributed by atoms with E-state index in [0.717, 1.165) is 11.3 Å². The minimum atomic E-state index is -3.56. The van der Waals surface area contributed by atoms with E-state index < -0.39 is 20.6 Å². The Labute approximate surface area is 294 Å². The molecule has 240 valence electrons. The second-order valence-corrected chi connectivity index (χ2v) is 19.3. The first-order valence-electron chi connectivity index (χ1n) is 16.3. The summed E-state index contributed by atoms with van der Waals surface area (Å²) in [6.07, 6.45) is 1.49. The van der Waals surface area contributed by atoms with Crippen molar-refractivity contribution in [3.8, 4) is 5.75 Å². The Morgan fingerprint density at radius 1 is 0.957 bits per heavy atom. The Hall–Kier alpha value is -2.30. The lowest BCUT2D eigenvalue weighted by atomic mass is 9.16. The van der Waals surface area contributed by atoms with Crippen molar-refractivity contribution >= 4 is 115 Å². The van der Waals surface area contributed by atoms with Crippen LogP contribution in [0.25, 0.3) is 0 Å². The molecule has 0 spiro atoms. The third kappa shape index (κ3) is 7.21.